The molecule has 170 valence electrons. The minimum absolute atomic E-state index is 0.186. The number of hydrogen-bond donors (Lipinski definition) is 1. The lowest BCUT2D eigenvalue weighted by molar-refractivity contribution is -0.384. The van der Waals surface area contributed by atoms with E-state index in [1.165, 1.54) is 54.6 Å². The van der Waals surface area contributed by atoms with E-state index in [1.54, 1.807) is 19.1 Å². The molecule has 8 nitrogen and oxygen atoms in total. The number of nitriles is 1. The number of aryl methyl sites for hydroxylation is 1. The molecule has 3 aromatic rings. The van der Waals surface area contributed by atoms with Gasteiger partial charge in [0.25, 0.3) is 11.6 Å². The number of non-ortho nitro benzene ring substituents is 1. The number of nitrogens with zero attached hydrogens (tertiary/aromatic N) is 2. The number of nitrogens with one attached hydrogen (secondary N) is 1. The first-order chi connectivity index (χ1) is 16.2. The van der Waals surface area contributed by atoms with Crippen LogP contribution >= 0.6 is 23.2 Å². The van der Waals surface area contributed by atoms with Crippen molar-refractivity contribution in [1.82, 2.24) is 0 Å². The third kappa shape index (κ3) is 5.98. The van der Waals surface area contributed by atoms with E-state index in [4.69, 9.17) is 27.9 Å². The maximum atomic E-state index is 12.5. The first kappa shape index (κ1) is 24.5. The van der Waals surface area contributed by atoms with Gasteiger partial charge in [0, 0.05) is 12.1 Å². The van der Waals surface area contributed by atoms with Crippen LogP contribution in [0.1, 0.15) is 21.5 Å². The number of halogens is 2. The second-order valence-electron chi connectivity index (χ2n) is 6.97. The van der Waals surface area contributed by atoms with Gasteiger partial charge in [-0.2, -0.15) is 5.26 Å². The fourth-order valence-corrected chi connectivity index (χ4v) is 3.08. The lowest BCUT2D eigenvalue weighted by atomic mass is 10.1. The van der Waals surface area contributed by atoms with Crippen LogP contribution in [0.15, 0.2) is 66.2 Å². The Morgan fingerprint density at radius 1 is 1.06 bits per heavy atom. The number of anilines is 1. The highest BCUT2D eigenvalue weighted by Crippen LogP contribution is 2.25. The quantitative estimate of drug-likeness (QED) is 0.112. The topological polar surface area (TPSA) is 122 Å². The van der Waals surface area contributed by atoms with Gasteiger partial charge < -0.3 is 10.1 Å². The van der Waals surface area contributed by atoms with Crippen LogP contribution in [0.3, 0.4) is 0 Å². The number of esters is 1. The predicted octanol–water partition coefficient (Wildman–Crippen LogP) is 5.97. The smallest absolute Gasteiger partial charge is 0.343 e. The summed E-state index contributed by atoms with van der Waals surface area (Å²) >= 11 is 11.8. The Hall–Kier alpha value is -4.19. The number of nitro benzene ring substituents is 1. The Labute approximate surface area is 204 Å². The van der Waals surface area contributed by atoms with E-state index >= 15 is 0 Å². The molecule has 0 saturated heterocycles. The first-order valence-corrected chi connectivity index (χ1v) is 10.4. The largest absolute Gasteiger partial charge is 0.423 e. The molecule has 0 heterocycles. The predicted molar refractivity (Wildman–Crippen MR) is 128 cm³/mol. The van der Waals surface area contributed by atoms with Crippen LogP contribution in [-0.2, 0) is 4.79 Å². The summed E-state index contributed by atoms with van der Waals surface area (Å²) in [6.45, 7) is 1.67. The van der Waals surface area contributed by atoms with E-state index in [0.29, 0.717) is 16.1 Å². The second-order valence-corrected chi connectivity index (χ2v) is 7.78. The van der Waals surface area contributed by atoms with Crippen molar-refractivity contribution in [2.75, 3.05) is 5.32 Å². The third-order valence-corrected chi connectivity index (χ3v) is 5.34. The zero-order valence-electron chi connectivity index (χ0n) is 17.5. The maximum absolute atomic E-state index is 12.5. The zero-order chi connectivity index (χ0) is 24.8. The fourth-order valence-electron chi connectivity index (χ4n) is 2.78. The molecule has 0 fully saturated rings. The lowest BCUT2D eigenvalue weighted by Gasteiger charge is -2.08. The van der Waals surface area contributed by atoms with E-state index in [-0.39, 0.29) is 33.3 Å². The summed E-state index contributed by atoms with van der Waals surface area (Å²) < 4.78 is 5.29. The Balaban J connectivity index is 1.73. The molecule has 1 amide bonds. The molecule has 10 heteroatoms. The van der Waals surface area contributed by atoms with Gasteiger partial charge >= 0.3 is 5.97 Å². The van der Waals surface area contributed by atoms with E-state index in [1.807, 2.05) is 6.07 Å². The van der Waals surface area contributed by atoms with Crippen molar-refractivity contribution in [3.63, 3.8) is 0 Å². The lowest BCUT2D eigenvalue weighted by Crippen LogP contribution is -2.14. The van der Waals surface area contributed by atoms with Gasteiger partial charge in [-0.05, 0) is 54.5 Å². The Morgan fingerprint density at radius 3 is 2.38 bits per heavy atom. The van der Waals surface area contributed by atoms with Gasteiger partial charge in [-0.25, -0.2) is 4.79 Å². The number of benzene rings is 3. The number of nitro groups is 1. The van der Waals surface area contributed by atoms with Gasteiger partial charge in [-0.3, -0.25) is 14.9 Å². The van der Waals surface area contributed by atoms with Crippen LogP contribution in [0.2, 0.25) is 10.0 Å². The van der Waals surface area contributed by atoms with Crippen LogP contribution in [0, 0.1) is 28.4 Å². The molecule has 3 aromatic carbocycles. The molecule has 34 heavy (non-hydrogen) atoms. The molecule has 0 saturated carbocycles. The van der Waals surface area contributed by atoms with Gasteiger partial charge in [0.2, 0.25) is 0 Å². The molecule has 1 N–H and O–H groups in total. The van der Waals surface area contributed by atoms with Gasteiger partial charge in [-0.1, -0.05) is 41.4 Å². The average Bonchev–Trinajstić information content (AvgIpc) is 2.81. The maximum Gasteiger partial charge on any atom is 0.343 e. The minimum atomic E-state index is -0.721. The molecule has 0 spiro atoms. The van der Waals surface area contributed by atoms with E-state index in [0.717, 1.165) is 0 Å². The van der Waals surface area contributed by atoms with Crippen LogP contribution in [-0.4, -0.2) is 16.8 Å². The van der Waals surface area contributed by atoms with Crippen LogP contribution < -0.4 is 10.1 Å². The molecular formula is C24H15Cl2N3O5. The number of ether oxygens (including phenoxy) is 1. The van der Waals surface area contributed by atoms with E-state index < -0.39 is 16.8 Å². The van der Waals surface area contributed by atoms with Gasteiger partial charge in [-0.15, -0.1) is 0 Å². The number of rotatable bonds is 6. The van der Waals surface area contributed by atoms with Crippen LogP contribution in [0.5, 0.6) is 5.75 Å². The Morgan fingerprint density at radius 2 is 1.76 bits per heavy atom. The number of carbonyl (C=O) groups excluding carboxylic acids is 2. The fraction of sp³-hybridized carbons (Fsp3) is 0.0417. The normalized spacial score (nSPS) is 10.8. The minimum Gasteiger partial charge on any atom is -0.423 e. The molecular weight excluding hydrogens is 481 g/mol. The van der Waals surface area contributed by atoms with Gasteiger partial charge in [0.1, 0.15) is 17.4 Å². The van der Waals surface area contributed by atoms with Crippen molar-refractivity contribution in [3.05, 3.63) is 103 Å². The molecule has 0 aliphatic carbocycles. The summed E-state index contributed by atoms with van der Waals surface area (Å²) in [5, 5.41) is 23.4. The summed E-state index contributed by atoms with van der Waals surface area (Å²) in [4.78, 5) is 35.2. The third-order valence-electron chi connectivity index (χ3n) is 4.60. The molecule has 0 aromatic heterocycles. The highest BCUT2D eigenvalue weighted by atomic mass is 35.5. The number of hydrogen-bond acceptors (Lipinski definition) is 6. The molecule has 0 aliphatic rings. The number of amides is 1. The summed E-state index contributed by atoms with van der Waals surface area (Å²) in [6.07, 6.45) is 1.34. The van der Waals surface area contributed by atoms with Crippen molar-refractivity contribution in [1.29, 1.82) is 5.26 Å². The average molecular weight is 496 g/mol. The van der Waals surface area contributed by atoms with E-state index in [9.17, 15) is 25.0 Å². The second kappa shape index (κ2) is 10.6. The molecule has 0 unspecified atom stereocenters. The molecule has 0 atom stereocenters. The molecule has 0 aliphatic heterocycles. The molecule has 0 bridgehead atoms. The Bertz CT molecular complexity index is 1360. The van der Waals surface area contributed by atoms with Crippen molar-refractivity contribution in [2.45, 2.75) is 6.92 Å². The monoisotopic (exact) mass is 495 g/mol. The van der Waals surface area contributed by atoms with Gasteiger partial charge in [0.15, 0.2) is 0 Å². The van der Waals surface area contributed by atoms with E-state index in [2.05, 4.69) is 5.32 Å². The summed E-state index contributed by atoms with van der Waals surface area (Å²) in [5.74, 6) is -1.11. The zero-order valence-corrected chi connectivity index (χ0v) is 19.1. The van der Waals surface area contributed by atoms with Crippen LogP contribution in [0.4, 0.5) is 11.4 Å². The van der Waals surface area contributed by atoms with Crippen molar-refractivity contribution < 1.29 is 19.2 Å². The standard InChI is InChI=1S/C24H15Cl2N3O5/c1-14-2-6-18(29(32)33)12-22(14)28-23(30)17(13-27)10-15-3-7-19(8-4-15)34-24(31)16-5-9-20(25)21(26)11-16/h2-12H,1H3,(H,28,30)/b17-10+. The SMILES string of the molecule is Cc1ccc([N+](=O)[O-])cc1NC(=O)/C(C#N)=C/c1ccc(OC(=O)c2ccc(Cl)c(Cl)c2)cc1. The van der Waals surface area contributed by atoms with Crippen LogP contribution in [0.25, 0.3) is 6.08 Å². The van der Waals surface area contributed by atoms with Crippen molar-refractivity contribution >= 4 is 52.5 Å². The molecule has 3 rings (SSSR count). The first-order valence-electron chi connectivity index (χ1n) is 9.63. The van der Waals surface area contributed by atoms with Crippen molar-refractivity contribution in [3.8, 4) is 11.8 Å². The number of carbonyl (C=O) groups is 2. The molecule has 0 radical (unpaired) electrons. The van der Waals surface area contributed by atoms with Crippen molar-refractivity contribution in [2.24, 2.45) is 0 Å². The summed E-state index contributed by atoms with van der Waals surface area (Å²) in [7, 11) is 0. The highest BCUT2D eigenvalue weighted by molar-refractivity contribution is 6.42. The summed E-state index contributed by atoms with van der Waals surface area (Å²) in [6, 6.07) is 16.3. The summed E-state index contributed by atoms with van der Waals surface area (Å²) in [5.41, 5.74) is 1.14. The Kier molecular flexibility index (Phi) is 7.64. The highest BCUT2D eigenvalue weighted by Gasteiger charge is 2.15. The van der Waals surface area contributed by atoms with Gasteiger partial charge in [0.05, 0.1) is 26.2 Å².